The number of anilines is 1. The van der Waals surface area contributed by atoms with Gasteiger partial charge in [-0.3, -0.25) is 4.79 Å². The summed E-state index contributed by atoms with van der Waals surface area (Å²) >= 11 is 0. The van der Waals surface area contributed by atoms with E-state index in [1.807, 2.05) is 32.9 Å². The Hall–Kier alpha value is -1.35. The van der Waals surface area contributed by atoms with Crippen LogP contribution in [0.15, 0.2) is 18.2 Å². The van der Waals surface area contributed by atoms with Crippen molar-refractivity contribution in [3.63, 3.8) is 0 Å². The van der Waals surface area contributed by atoms with E-state index >= 15 is 0 Å². The second-order valence-electron chi connectivity index (χ2n) is 3.85. The number of benzene rings is 1. The molecule has 1 saturated heterocycles. The monoisotopic (exact) mass is 234 g/mol. The number of piperazine rings is 1. The predicted molar refractivity (Wildman–Crippen MR) is 73.0 cm³/mol. The van der Waals surface area contributed by atoms with Crippen molar-refractivity contribution < 1.29 is 4.79 Å². The maximum absolute atomic E-state index is 10.8. The molecular weight excluding hydrogens is 212 g/mol. The van der Waals surface area contributed by atoms with Crippen LogP contribution in [0.5, 0.6) is 0 Å². The van der Waals surface area contributed by atoms with Gasteiger partial charge in [-0.15, -0.1) is 0 Å². The quantitative estimate of drug-likeness (QED) is 0.797. The summed E-state index contributed by atoms with van der Waals surface area (Å²) in [4.78, 5) is 13.2. The first-order valence-electron chi connectivity index (χ1n) is 6.33. The molecule has 0 radical (unpaired) electrons. The van der Waals surface area contributed by atoms with Crippen LogP contribution in [-0.2, 0) is 0 Å². The van der Waals surface area contributed by atoms with Crippen LogP contribution < -0.4 is 10.2 Å². The van der Waals surface area contributed by atoms with Gasteiger partial charge < -0.3 is 10.2 Å². The van der Waals surface area contributed by atoms with Gasteiger partial charge in [0.2, 0.25) is 0 Å². The summed E-state index contributed by atoms with van der Waals surface area (Å²) < 4.78 is 0. The average Bonchev–Trinajstić information content (AvgIpc) is 2.42. The van der Waals surface area contributed by atoms with Crippen LogP contribution in [0.25, 0.3) is 0 Å². The highest BCUT2D eigenvalue weighted by Gasteiger charge is 2.13. The Labute approximate surface area is 104 Å². The number of hydrogen-bond donors (Lipinski definition) is 1. The molecule has 1 fully saturated rings. The number of carbonyl (C=O) groups is 1. The molecule has 0 amide bonds. The summed E-state index contributed by atoms with van der Waals surface area (Å²) in [5, 5.41) is 3.32. The number of nitrogens with one attached hydrogen (secondary N) is 1. The number of hydrogen-bond acceptors (Lipinski definition) is 3. The second kappa shape index (κ2) is 7.07. The highest BCUT2D eigenvalue weighted by atomic mass is 16.1. The highest BCUT2D eigenvalue weighted by molar-refractivity contribution is 5.80. The summed E-state index contributed by atoms with van der Waals surface area (Å²) in [5.74, 6) is 0. The maximum atomic E-state index is 10.8. The van der Waals surface area contributed by atoms with E-state index in [2.05, 4.69) is 16.3 Å². The van der Waals surface area contributed by atoms with Crippen LogP contribution in [0.2, 0.25) is 0 Å². The molecule has 3 heteroatoms. The summed E-state index contributed by atoms with van der Waals surface area (Å²) in [6.45, 7) is 10.1. The lowest BCUT2D eigenvalue weighted by Crippen LogP contribution is -2.43. The number of rotatable bonds is 2. The van der Waals surface area contributed by atoms with Gasteiger partial charge in [0.25, 0.3) is 0 Å². The normalized spacial score (nSPS) is 14.9. The van der Waals surface area contributed by atoms with Gasteiger partial charge in [-0.25, -0.2) is 0 Å². The van der Waals surface area contributed by atoms with Crippen molar-refractivity contribution >= 4 is 12.0 Å². The van der Waals surface area contributed by atoms with Gasteiger partial charge in [0.15, 0.2) is 0 Å². The minimum absolute atomic E-state index is 0.797. The van der Waals surface area contributed by atoms with Gasteiger partial charge >= 0.3 is 0 Å². The molecule has 0 bridgehead atoms. The lowest BCUT2D eigenvalue weighted by atomic mass is 10.1. The zero-order valence-corrected chi connectivity index (χ0v) is 11.0. The number of carbonyl (C=O) groups excluding carboxylic acids is 1. The van der Waals surface area contributed by atoms with E-state index in [1.54, 1.807) is 0 Å². The van der Waals surface area contributed by atoms with Crippen LogP contribution in [-0.4, -0.2) is 32.5 Å². The van der Waals surface area contributed by atoms with Gasteiger partial charge in [-0.05, 0) is 18.6 Å². The van der Waals surface area contributed by atoms with Crippen molar-refractivity contribution in [2.24, 2.45) is 0 Å². The first-order chi connectivity index (χ1) is 8.33. The summed E-state index contributed by atoms with van der Waals surface area (Å²) in [6, 6.07) is 5.91. The van der Waals surface area contributed by atoms with Gasteiger partial charge in [0.05, 0.1) is 0 Å². The topological polar surface area (TPSA) is 32.3 Å². The Kier molecular flexibility index (Phi) is 5.70. The van der Waals surface area contributed by atoms with Gasteiger partial charge in [-0.1, -0.05) is 26.0 Å². The van der Waals surface area contributed by atoms with Gasteiger partial charge in [0.1, 0.15) is 6.29 Å². The molecule has 94 valence electrons. The Morgan fingerprint density at radius 3 is 2.47 bits per heavy atom. The van der Waals surface area contributed by atoms with E-state index in [9.17, 15) is 4.79 Å². The highest BCUT2D eigenvalue weighted by Crippen LogP contribution is 2.22. The van der Waals surface area contributed by atoms with Crippen LogP contribution in [0.1, 0.15) is 29.8 Å². The third kappa shape index (κ3) is 3.30. The maximum Gasteiger partial charge on any atom is 0.150 e. The van der Waals surface area contributed by atoms with Crippen LogP contribution >= 0.6 is 0 Å². The number of nitrogens with zero attached hydrogens (tertiary/aromatic N) is 1. The van der Waals surface area contributed by atoms with E-state index in [-0.39, 0.29) is 0 Å². The second-order valence-corrected chi connectivity index (χ2v) is 3.85. The zero-order chi connectivity index (χ0) is 12.7. The molecule has 1 aliphatic heterocycles. The molecule has 0 aliphatic carbocycles. The van der Waals surface area contributed by atoms with E-state index < -0.39 is 0 Å². The van der Waals surface area contributed by atoms with Crippen molar-refractivity contribution in [2.75, 3.05) is 31.1 Å². The third-order valence-corrected chi connectivity index (χ3v) is 2.93. The molecule has 0 spiro atoms. The summed E-state index contributed by atoms with van der Waals surface area (Å²) in [7, 11) is 0. The van der Waals surface area contributed by atoms with Gasteiger partial charge in [0, 0.05) is 37.4 Å². The van der Waals surface area contributed by atoms with Crippen LogP contribution in [0, 0.1) is 6.92 Å². The molecule has 17 heavy (non-hydrogen) atoms. The fraction of sp³-hybridized carbons (Fsp3) is 0.500. The minimum atomic E-state index is 0.797. The van der Waals surface area contributed by atoms with Crippen molar-refractivity contribution in [1.29, 1.82) is 0 Å². The molecule has 0 unspecified atom stereocenters. The fourth-order valence-corrected chi connectivity index (χ4v) is 2.02. The Balaban J connectivity index is 0.000000686. The van der Waals surface area contributed by atoms with Gasteiger partial charge in [-0.2, -0.15) is 0 Å². The van der Waals surface area contributed by atoms with E-state index in [0.29, 0.717) is 0 Å². The molecule has 1 heterocycles. The molecule has 0 aromatic heterocycles. The summed E-state index contributed by atoms with van der Waals surface area (Å²) in [5.41, 5.74) is 3.08. The van der Waals surface area contributed by atoms with Crippen molar-refractivity contribution in [2.45, 2.75) is 20.8 Å². The smallest absolute Gasteiger partial charge is 0.150 e. The first-order valence-corrected chi connectivity index (χ1v) is 6.33. The average molecular weight is 234 g/mol. The predicted octanol–water partition coefficient (Wildman–Crippen LogP) is 2.24. The van der Waals surface area contributed by atoms with Crippen molar-refractivity contribution in [3.8, 4) is 0 Å². The Morgan fingerprint density at radius 1 is 1.24 bits per heavy atom. The molecule has 0 saturated carbocycles. The van der Waals surface area contributed by atoms with Crippen molar-refractivity contribution in [1.82, 2.24) is 5.32 Å². The van der Waals surface area contributed by atoms with E-state index in [4.69, 9.17) is 0 Å². The lowest BCUT2D eigenvalue weighted by molar-refractivity contribution is 0.112. The van der Waals surface area contributed by atoms with E-state index in [1.165, 1.54) is 5.69 Å². The minimum Gasteiger partial charge on any atom is -0.369 e. The first kappa shape index (κ1) is 13.7. The molecule has 1 aliphatic rings. The SMILES string of the molecule is CC.Cc1c(C=O)cccc1N1CCNCC1. The van der Waals surface area contributed by atoms with Crippen LogP contribution in [0.4, 0.5) is 5.69 Å². The standard InChI is InChI=1S/C12H16N2O.C2H6/c1-10-11(9-15)3-2-4-12(10)14-7-5-13-6-8-14;1-2/h2-4,9,13H,5-8H2,1H3;1-2H3. The molecule has 3 nitrogen and oxygen atoms in total. The third-order valence-electron chi connectivity index (χ3n) is 2.93. The molecule has 1 aromatic carbocycles. The molecule has 0 atom stereocenters. The van der Waals surface area contributed by atoms with Crippen LogP contribution in [0.3, 0.4) is 0 Å². The largest absolute Gasteiger partial charge is 0.369 e. The molecule has 1 aromatic rings. The Bertz CT molecular complexity index is 357. The molecule has 2 rings (SSSR count). The fourth-order valence-electron chi connectivity index (χ4n) is 2.02. The molecule has 1 N–H and O–H groups in total. The zero-order valence-electron chi connectivity index (χ0n) is 11.0. The molecular formula is C14H22N2O. The van der Waals surface area contributed by atoms with E-state index in [0.717, 1.165) is 43.6 Å². The number of aldehydes is 1. The Morgan fingerprint density at radius 2 is 1.88 bits per heavy atom. The lowest BCUT2D eigenvalue weighted by Gasteiger charge is -2.31. The van der Waals surface area contributed by atoms with Crippen molar-refractivity contribution in [3.05, 3.63) is 29.3 Å². The summed E-state index contributed by atoms with van der Waals surface area (Å²) in [6.07, 6.45) is 0.932.